The van der Waals surface area contributed by atoms with E-state index in [2.05, 4.69) is 179 Å². The maximum Gasteiger partial charge on any atom is 0.160 e. The van der Waals surface area contributed by atoms with Crippen LogP contribution in [0.1, 0.15) is 12.5 Å². The molecule has 0 aliphatic heterocycles. The Labute approximate surface area is 365 Å². The molecular formula is C58H41N5. The van der Waals surface area contributed by atoms with Crippen molar-refractivity contribution in [3.63, 3.8) is 0 Å². The van der Waals surface area contributed by atoms with Crippen molar-refractivity contribution in [2.45, 2.75) is 6.92 Å². The molecule has 4 heterocycles. The molecule has 5 heteroatoms. The molecule has 4 aromatic heterocycles. The lowest BCUT2D eigenvalue weighted by Gasteiger charge is -2.14. The van der Waals surface area contributed by atoms with Crippen LogP contribution in [0, 0.1) is 0 Å². The van der Waals surface area contributed by atoms with Gasteiger partial charge in [0.25, 0.3) is 0 Å². The van der Waals surface area contributed by atoms with Crippen LogP contribution in [0.25, 0.3) is 106 Å². The second-order valence-electron chi connectivity index (χ2n) is 15.8. The van der Waals surface area contributed by atoms with Crippen LogP contribution in [0.5, 0.6) is 0 Å². The van der Waals surface area contributed by atoms with Crippen molar-refractivity contribution >= 4 is 54.9 Å². The minimum Gasteiger partial charge on any atom is -0.313 e. The summed E-state index contributed by atoms with van der Waals surface area (Å²) in [5.41, 5.74) is 15.3. The molecule has 0 N–H and O–H groups in total. The number of para-hydroxylation sites is 4. The summed E-state index contributed by atoms with van der Waals surface area (Å²) in [6.07, 6.45) is 8.12. The van der Waals surface area contributed by atoms with Gasteiger partial charge in [-0.1, -0.05) is 140 Å². The first-order chi connectivity index (χ1) is 31.1. The quantitative estimate of drug-likeness (QED) is 0.137. The Bertz CT molecular complexity index is 3410. The van der Waals surface area contributed by atoms with Crippen LogP contribution in [0.3, 0.4) is 0 Å². The lowest BCUT2D eigenvalue weighted by molar-refractivity contribution is 1.16. The second kappa shape index (κ2) is 15.9. The topological polar surface area (TPSA) is 48.5 Å². The number of fused-ring (bicyclic) bond motifs is 6. The molecule has 0 fully saturated rings. The zero-order chi connectivity index (χ0) is 42.3. The number of rotatable bonds is 9. The van der Waals surface area contributed by atoms with Crippen molar-refractivity contribution in [3.05, 3.63) is 231 Å². The third-order valence-electron chi connectivity index (χ3n) is 11.9. The van der Waals surface area contributed by atoms with Gasteiger partial charge in [-0.2, -0.15) is 0 Å². The fourth-order valence-electron chi connectivity index (χ4n) is 8.94. The van der Waals surface area contributed by atoms with Crippen LogP contribution in [0.15, 0.2) is 225 Å². The van der Waals surface area contributed by atoms with Gasteiger partial charge in [0.2, 0.25) is 0 Å². The van der Waals surface area contributed by atoms with Gasteiger partial charge in [0, 0.05) is 50.3 Å². The maximum atomic E-state index is 5.23. The van der Waals surface area contributed by atoms with Crippen LogP contribution in [0.4, 0.5) is 0 Å². The van der Waals surface area contributed by atoms with Gasteiger partial charge >= 0.3 is 0 Å². The zero-order valence-corrected chi connectivity index (χ0v) is 34.7. The molecule has 0 radical (unpaired) electrons. The van der Waals surface area contributed by atoms with Gasteiger partial charge in [0.1, 0.15) is 0 Å². The first kappa shape index (κ1) is 37.6. The van der Waals surface area contributed by atoms with Crippen molar-refractivity contribution in [1.29, 1.82) is 0 Å². The molecule has 0 aliphatic rings. The van der Waals surface area contributed by atoms with Gasteiger partial charge in [0.05, 0.1) is 39.1 Å². The SMILES string of the molecule is C=C/C(=C\C=C(/C)n1c2ccccc2c2ccccc21)c1cc(-c2ccc(-n3c4ccccc4c4ccccc43)cc2)cc(-c2cc(-c3ccccn3)nc(-c3ccccc3)n2)c1. The van der Waals surface area contributed by atoms with E-state index in [9.17, 15) is 0 Å². The first-order valence-corrected chi connectivity index (χ1v) is 21.2. The van der Waals surface area contributed by atoms with E-state index in [4.69, 9.17) is 9.97 Å². The monoisotopic (exact) mass is 807 g/mol. The van der Waals surface area contributed by atoms with Crippen molar-refractivity contribution in [3.8, 4) is 50.8 Å². The highest BCUT2D eigenvalue weighted by atomic mass is 15.0. The standard InChI is InChI=1S/C58H41N5/c1-3-40(29-28-39(2)62-54-24-11-7-19-47(54)48-20-8-12-25-55(48)62)43-35-44(41-30-32-46(33-31-41)63-56-26-13-9-21-49(56)50-22-10-14-27-57(50)63)37-45(36-43)52-38-53(51-23-15-16-34-59-51)61-58(60-52)42-17-5-4-6-18-42/h3-38H,1H2,2H3/b39-28+,40-29+. The molecule has 0 aliphatic carbocycles. The van der Waals surface area contributed by atoms with Crippen molar-refractivity contribution in [2.24, 2.45) is 0 Å². The van der Waals surface area contributed by atoms with E-state index < -0.39 is 0 Å². The summed E-state index contributed by atoms with van der Waals surface area (Å²) in [4.78, 5) is 14.9. The van der Waals surface area contributed by atoms with Gasteiger partial charge in [0.15, 0.2) is 5.82 Å². The van der Waals surface area contributed by atoms with E-state index in [0.29, 0.717) is 5.82 Å². The van der Waals surface area contributed by atoms with Gasteiger partial charge in [-0.25, -0.2) is 9.97 Å². The van der Waals surface area contributed by atoms with Crippen LogP contribution < -0.4 is 0 Å². The summed E-state index contributed by atoms with van der Waals surface area (Å²) >= 11 is 0. The Balaban J connectivity index is 1.08. The Hall–Kier alpha value is -8.41. The molecule has 11 rings (SSSR count). The molecule has 0 amide bonds. The van der Waals surface area contributed by atoms with Gasteiger partial charge in [-0.15, -0.1) is 0 Å². The number of benzene rings is 7. The molecule has 63 heavy (non-hydrogen) atoms. The molecule has 0 atom stereocenters. The summed E-state index contributed by atoms with van der Waals surface area (Å²) < 4.78 is 4.69. The molecular weight excluding hydrogens is 767 g/mol. The summed E-state index contributed by atoms with van der Waals surface area (Å²) in [6.45, 7) is 6.51. The lowest BCUT2D eigenvalue weighted by Crippen LogP contribution is -1.98. The molecule has 7 aromatic carbocycles. The van der Waals surface area contributed by atoms with E-state index in [1.54, 1.807) is 6.20 Å². The fourth-order valence-corrected chi connectivity index (χ4v) is 8.94. The van der Waals surface area contributed by atoms with Crippen molar-refractivity contribution in [2.75, 3.05) is 0 Å². The maximum absolute atomic E-state index is 5.23. The van der Waals surface area contributed by atoms with E-state index in [-0.39, 0.29) is 0 Å². The van der Waals surface area contributed by atoms with E-state index >= 15 is 0 Å². The number of pyridine rings is 1. The third kappa shape index (κ3) is 6.82. The minimum absolute atomic E-state index is 0.639. The second-order valence-corrected chi connectivity index (χ2v) is 15.8. The summed E-state index contributed by atoms with van der Waals surface area (Å²) in [5.74, 6) is 0.639. The van der Waals surface area contributed by atoms with E-state index in [0.717, 1.165) is 61.9 Å². The van der Waals surface area contributed by atoms with Crippen LogP contribution in [-0.4, -0.2) is 24.1 Å². The Morgan fingerprint density at radius 1 is 0.460 bits per heavy atom. The van der Waals surface area contributed by atoms with Crippen LogP contribution in [0.2, 0.25) is 0 Å². The van der Waals surface area contributed by atoms with Gasteiger partial charge in [-0.3, -0.25) is 4.98 Å². The largest absolute Gasteiger partial charge is 0.313 e. The Kier molecular flexibility index (Phi) is 9.48. The molecule has 0 saturated carbocycles. The highest BCUT2D eigenvalue weighted by Crippen LogP contribution is 2.37. The molecule has 11 aromatic rings. The van der Waals surface area contributed by atoms with Crippen molar-refractivity contribution in [1.82, 2.24) is 24.1 Å². The summed E-state index contributed by atoms with van der Waals surface area (Å²) in [6, 6.07) is 68.1. The summed E-state index contributed by atoms with van der Waals surface area (Å²) in [7, 11) is 0. The lowest BCUT2D eigenvalue weighted by atomic mass is 9.94. The predicted octanol–water partition coefficient (Wildman–Crippen LogP) is 14.9. The number of aromatic nitrogens is 5. The van der Waals surface area contributed by atoms with Gasteiger partial charge in [-0.05, 0) is 108 Å². The number of hydrogen-bond acceptors (Lipinski definition) is 3. The molecule has 0 saturated heterocycles. The average Bonchev–Trinajstić information content (AvgIpc) is 3.88. The number of hydrogen-bond donors (Lipinski definition) is 0. The molecule has 0 spiro atoms. The first-order valence-electron chi connectivity index (χ1n) is 21.2. The van der Waals surface area contributed by atoms with E-state index in [1.165, 1.54) is 43.6 Å². The number of allylic oxidation sites excluding steroid dienone is 5. The smallest absolute Gasteiger partial charge is 0.160 e. The van der Waals surface area contributed by atoms with E-state index in [1.807, 2.05) is 60.7 Å². The Morgan fingerprint density at radius 2 is 1.02 bits per heavy atom. The highest BCUT2D eigenvalue weighted by Gasteiger charge is 2.16. The Morgan fingerprint density at radius 3 is 1.63 bits per heavy atom. The average molecular weight is 808 g/mol. The molecule has 0 bridgehead atoms. The molecule has 0 unspecified atom stereocenters. The highest BCUT2D eigenvalue weighted by molar-refractivity contribution is 6.10. The third-order valence-corrected chi connectivity index (χ3v) is 11.9. The van der Waals surface area contributed by atoms with Gasteiger partial charge < -0.3 is 9.13 Å². The summed E-state index contributed by atoms with van der Waals surface area (Å²) in [5, 5.41) is 4.95. The van der Waals surface area contributed by atoms with Crippen LogP contribution >= 0.6 is 0 Å². The minimum atomic E-state index is 0.639. The molecule has 5 nitrogen and oxygen atoms in total. The van der Waals surface area contributed by atoms with Crippen molar-refractivity contribution < 1.29 is 0 Å². The van der Waals surface area contributed by atoms with Crippen LogP contribution in [-0.2, 0) is 0 Å². The fraction of sp³-hybridized carbons (Fsp3) is 0.0172. The molecule has 298 valence electrons. The number of nitrogens with zero attached hydrogens (tertiary/aromatic N) is 5. The predicted molar refractivity (Wildman–Crippen MR) is 263 cm³/mol. The zero-order valence-electron chi connectivity index (χ0n) is 34.7. The normalized spacial score (nSPS) is 12.1.